The molecule has 0 aliphatic carbocycles. The number of nitrogens with zero attached hydrogens (tertiary/aromatic N) is 2. The zero-order valence-corrected chi connectivity index (χ0v) is 15.5. The summed E-state index contributed by atoms with van der Waals surface area (Å²) in [5.41, 5.74) is 1.29. The van der Waals surface area contributed by atoms with E-state index in [1.165, 1.54) is 0 Å². The van der Waals surface area contributed by atoms with Gasteiger partial charge < -0.3 is 10.2 Å². The lowest BCUT2D eigenvalue weighted by molar-refractivity contribution is -0.122. The second-order valence-corrected chi connectivity index (χ2v) is 7.13. The number of carbonyl (C=O) groups is 4. The normalized spacial score (nSPS) is 18.6. The van der Waals surface area contributed by atoms with Crippen LogP contribution in [0, 0.1) is 0 Å². The van der Waals surface area contributed by atoms with Crippen molar-refractivity contribution >= 4 is 40.9 Å². The van der Waals surface area contributed by atoms with Gasteiger partial charge in [0.25, 0.3) is 11.8 Å². The van der Waals surface area contributed by atoms with E-state index in [1.54, 1.807) is 53.4 Å². The Balaban J connectivity index is 1.39. The molecule has 1 atom stereocenters. The third-order valence-corrected chi connectivity index (χ3v) is 5.06. The average molecular weight is 398 g/mol. The Labute approximate surface area is 165 Å². The summed E-state index contributed by atoms with van der Waals surface area (Å²) in [5, 5.41) is 3.31. The van der Waals surface area contributed by atoms with E-state index < -0.39 is 23.8 Å². The Hall–Kier alpha value is -3.19. The van der Waals surface area contributed by atoms with Crippen molar-refractivity contribution in [1.82, 2.24) is 10.2 Å². The van der Waals surface area contributed by atoms with Crippen LogP contribution in [0.15, 0.2) is 48.5 Å². The van der Waals surface area contributed by atoms with Crippen molar-refractivity contribution in [1.29, 1.82) is 0 Å². The number of carbonyl (C=O) groups excluding carboxylic acids is 4. The fourth-order valence-electron chi connectivity index (χ4n) is 3.47. The zero-order valence-electron chi connectivity index (χ0n) is 14.7. The minimum Gasteiger partial charge on any atom is -0.349 e. The molecule has 0 spiro atoms. The summed E-state index contributed by atoms with van der Waals surface area (Å²) >= 11 is 5.87. The highest BCUT2D eigenvalue weighted by Crippen LogP contribution is 2.24. The average Bonchev–Trinajstić information content (AvgIpc) is 3.15. The van der Waals surface area contributed by atoms with Gasteiger partial charge in [0.1, 0.15) is 6.54 Å². The number of rotatable bonds is 4. The zero-order chi connectivity index (χ0) is 19.8. The lowest BCUT2D eigenvalue weighted by Gasteiger charge is -2.18. The molecule has 2 aromatic rings. The Morgan fingerprint density at radius 2 is 1.61 bits per heavy atom. The summed E-state index contributed by atoms with van der Waals surface area (Å²) in [6.45, 7) is -0.0632. The minimum absolute atomic E-state index is 0.117. The number of hydrogen-bond donors (Lipinski definition) is 1. The number of nitrogens with one attached hydrogen (secondary N) is 1. The first-order valence-corrected chi connectivity index (χ1v) is 9.12. The highest BCUT2D eigenvalue weighted by Gasteiger charge is 2.37. The summed E-state index contributed by atoms with van der Waals surface area (Å²) in [7, 11) is 0. The molecule has 1 N–H and O–H groups in total. The Kier molecular flexibility index (Phi) is 4.60. The number of halogens is 1. The van der Waals surface area contributed by atoms with Gasteiger partial charge in [-0.05, 0) is 36.4 Å². The van der Waals surface area contributed by atoms with Gasteiger partial charge in [0.2, 0.25) is 11.8 Å². The molecule has 142 valence electrons. The summed E-state index contributed by atoms with van der Waals surface area (Å²) in [5.74, 6) is -1.57. The molecule has 4 amide bonds. The highest BCUT2D eigenvalue weighted by molar-refractivity contribution is 6.30. The van der Waals surface area contributed by atoms with Gasteiger partial charge >= 0.3 is 0 Å². The van der Waals surface area contributed by atoms with Crippen LogP contribution in [0.2, 0.25) is 5.02 Å². The molecule has 2 aromatic carbocycles. The third kappa shape index (κ3) is 3.25. The molecule has 0 saturated carbocycles. The van der Waals surface area contributed by atoms with Crippen LogP contribution in [0.5, 0.6) is 0 Å². The molecule has 0 bridgehead atoms. The van der Waals surface area contributed by atoms with Gasteiger partial charge in [0.05, 0.1) is 17.2 Å². The first-order chi connectivity index (χ1) is 13.4. The summed E-state index contributed by atoms with van der Waals surface area (Å²) < 4.78 is 0. The first kappa shape index (κ1) is 18.2. The Bertz CT molecular complexity index is 954. The van der Waals surface area contributed by atoms with E-state index in [1.807, 2.05) is 0 Å². The standard InChI is InChI=1S/C20H16ClN3O4/c21-12-5-7-14(8-6-12)23-10-13(9-18(23)26)22-17(25)11-24-19(27)15-3-1-2-4-16(15)20(24)28/h1-8,13H,9-11H2,(H,22,25)/t13-/m0/s1. The molecule has 1 fully saturated rings. The van der Waals surface area contributed by atoms with E-state index in [4.69, 9.17) is 11.6 Å². The fraction of sp³-hybridized carbons (Fsp3) is 0.200. The van der Waals surface area contributed by atoms with Crippen molar-refractivity contribution in [2.75, 3.05) is 18.0 Å². The molecule has 8 heteroatoms. The second kappa shape index (κ2) is 7.09. The molecule has 0 radical (unpaired) electrons. The molecular weight excluding hydrogens is 382 g/mol. The summed E-state index contributed by atoms with van der Waals surface area (Å²) in [4.78, 5) is 51.9. The van der Waals surface area contributed by atoms with Crippen LogP contribution in [0.3, 0.4) is 0 Å². The van der Waals surface area contributed by atoms with Crippen LogP contribution in [0.1, 0.15) is 27.1 Å². The van der Waals surface area contributed by atoms with E-state index in [2.05, 4.69) is 5.32 Å². The molecule has 0 aromatic heterocycles. The van der Waals surface area contributed by atoms with Crippen LogP contribution >= 0.6 is 11.6 Å². The molecule has 4 rings (SSSR count). The van der Waals surface area contributed by atoms with Gasteiger partial charge in [-0.2, -0.15) is 0 Å². The van der Waals surface area contributed by atoms with Crippen molar-refractivity contribution in [3.8, 4) is 0 Å². The van der Waals surface area contributed by atoms with Crippen molar-refractivity contribution in [2.24, 2.45) is 0 Å². The van der Waals surface area contributed by atoms with Crippen LogP contribution in [0.25, 0.3) is 0 Å². The fourth-order valence-corrected chi connectivity index (χ4v) is 3.60. The molecule has 1 saturated heterocycles. The molecule has 7 nitrogen and oxygen atoms in total. The molecule has 0 unspecified atom stereocenters. The van der Waals surface area contributed by atoms with E-state index in [0.29, 0.717) is 28.4 Å². The quantitative estimate of drug-likeness (QED) is 0.798. The van der Waals surface area contributed by atoms with Crippen molar-refractivity contribution in [3.05, 3.63) is 64.7 Å². The third-order valence-electron chi connectivity index (χ3n) is 4.81. The van der Waals surface area contributed by atoms with Gasteiger partial charge in [0, 0.05) is 23.7 Å². The van der Waals surface area contributed by atoms with Crippen molar-refractivity contribution in [3.63, 3.8) is 0 Å². The molecule has 2 aliphatic rings. The predicted molar refractivity (Wildman–Crippen MR) is 102 cm³/mol. The second-order valence-electron chi connectivity index (χ2n) is 6.69. The predicted octanol–water partition coefficient (Wildman–Crippen LogP) is 1.86. The number of imide groups is 1. The van der Waals surface area contributed by atoms with Crippen LogP contribution in [-0.4, -0.2) is 47.7 Å². The van der Waals surface area contributed by atoms with Gasteiger partial charge in [-0.3, -0.25) is 24.1 Å². The molecule has 2 heterocycles. The van der Waals surface area contributed by atoms with Gasteiger partial charge in [0.15, 0.2) is 0 Å². The largest absolute Gasteiger partial charge is 0.349 e. The Morgan fingerprint density at radius 3 is 2.21 bits per heavy atom. The molecule has 28 heavy (non-hydrogen) atoms. The number of anilines is 1. The maximum Gasteiger partial charge on any atom is 0.262 e. The van der Waals surface area contributed by atoms with Crippen molar-refractivity contribution < 1.29 is 19.2 Å². The lowest BCUT2D eigenvalue weighted by Crippen LogP contribution is -2.44. The topological polar surface area (TPSA) is 86.8 Å². The van der Waals surface area contributed by atoms with Crippen LogP contribution in [0.4, 0.5) is 5.69 Å². The number of benzene rings is 2. The molecular formula is C20H16ClN3O4. The minimum atomic E-state index is -0.485. The summed E-state index contributed by atoms with van der Waals surface area (Å²) in [6, 6.07) is 12.9. The van der Waals surface area contributed by atoms with Gasteiger partial charge in [-0.25, -0.2) is 0 Å². The lowest BCUT2D eigenvalue weighted by atomic mass is 10.1. The maximum absolute atomic E-state index is 12.4. The van der Waals surface area contributed by atoms with Gasteiger partial charge in [-0.1, -0.05) is 23.7 Å². The maximum atomic E-state index is 12.4. The van der Waals surface area contributed by atoms with E-state index >= 15 is 0 Å². The number of amides is 4. The Morgan fingerprint density at radius 1 is 1.00 bits per heavy atom. The van der Waals surface area contributed by atoms with E-state index in [9.17, 15) is 19.2 Å². The number of hydrogen-bond acceptors (Lipinski definition) is 4. The summed E-state index contributed by atoms with van der Waals surface area (Å²) in [6.07, 6.45) is 0.149. The van der Waals surface area contributed by atoms with E-state index in [0.717, 1.165) is 4.90 Å². The highest BCUT2D eigenvalue weighted by atomic mass is 35.5. The monoisotopic (exact) mass is 397 g/mol. The smallest absolute Gasteiger partial charge is 0.262 e. The van der Waals surface area contributed by atoms with Crippen LogP contribution in [-0.2, 0) is 9.59 Å². The molecule has 2 aliphatic heterocycles. The van der Waals surface area contributed by atoms with E-state index in [-0.39, 0.29) is 18.9 Å². The van der Waals surface area contributed by atoms with Crippen molar-refractivity contribution in [2.45, 2.75) is 12.5 Å². The van der Waals surface area contributed by atoms with Gasteiger partial charge in [-0.15, -0.1) is 0 Å². The number of fused-ring (bicyclic) bond motifs is 1. The first-order valence-electron chi connectivity index (χ1n) is 8.74. The SMILES string of the molecule is O=C(CN1C(=O)c2ccccc2C1=O)N[C@H]1CC(=O)N(c2ccc(Cl)cc2)C1. The van der Waals surface area contributed by atoms with Crippen LogP contribution < -0.4 is 10.2 Å².